The molecule has 0 radical (unpaired) electrons. The van der Waals surface area contributed by atoms with Crippen LogP contribution in [0.1, 0.15) is 5.82 Å². The number of phenols is 1. The number of rotatable bonds is 4. The highest BCUT2D eigenvalue weighted by Gasteiger charge is 2.02. The van der Waals surface area contributed by atoms with Crippen LogP contribution in [0.15, 0.2) is 33.4 Å². The van der Waals surface area contributed by atoms with Gasteiger partial charge in [-0.15, -0.1) is 10.2 Å². The molecule has 8 heteroatoms. The standard InChI is InChI=1S/C11H11N5O2S/c1-7-13-11(19-16-7)15-14-8-3-4-10(17)9(5-8)12-6-18-2/h3-6,17H,1-2H3. The van der Waals surface area contributed by atoms with Crippen LogP contribution in [-0.4, -0.2) is 28.0 Å². The normalized spacial score (nSPS) is 11.5. The van der Waals surface area contributed by atoms with E-state index in [-0.39, 0.29) is 5.75 Å². The first-order valence-corrected chi connectivity index (χ1v) is 6.07. The molecule has 0 aliphatic carbocycles. The summed E-state index contributed by atoms with van der Waals surface area (Å²) < 4.78 is 8.70. The lowest BCUT2D eigenvalue weighted by atomic mass is 10.2. The van der Waals surface area contributed by atoms with Gasteiger partial charge in [-0.1, -0.05) is 0 Å². The smallest absolute Gasteiger partial charge is 0.249 e. The number of aromatic hydroxyl groups is 1. The predicted octanol–water partition coefficient (Wildman–Crippen LogP) is 3.27. The van der Waals surface area contributed by atoms with Crippen LogP contribution in [0.25, 0.3) is 0 Å². The second kappa shape index (κ2) is 6.01. The molecule has 1 N–H and O–H groups in total. The van der Waals surface area contributed by atoms with E-state index in [9.17, 15) is 5.11 Å². The Hall–Kier alpha value is -2.35. The fourth-order valence-corrected chi connectivity index (χ4v) is 1.72. The van der Waals surface area contributed by atoms with E-state index in [1.165, 1.54) is 31.1 Å². The van der Waals surface area contributed by atoms with Gasteiger partial charge in [0.2, 0.25) is 5.13 Å². The quantitative estimate of drug-likeness (QED) is 0.527. The zero-order valence-corrected chi connectivity index (χ0v) is 11.1. The van der Waals surface area contributed by atoms with Crippen molar-refractivity contribution in [2.24, 2.45) is 15.2 Å². The average molecular weight is 277 g/mol. The van der Waals surface area contributed by atoms with Crippen LogP contribution >= 0.6 is 11.5 Å². The molecule has 2 rings (SSSR count). The minimum absolute atomic E-state index is 0.0407. The highest BCUT2D eigenvalue weighted by atomic mass is 32.1. The van der Waals surface area contributed by atoms with Crippen LogP contribution in [0.4, 0.5) is 16.5 Å². The molecule has 0 spiro atoms. The maximum Gasteiger partial charge on any atom is 0.249 e. The molecule has 0 saturated heterocycles. The van der Waals surface area contributed by atoms with Gasteiger partial charge in [-0.25, -0.2) is 9.98 Å². The van der Waals surface area contributed by atoms with Crippen molar-refractivity contribution in [1.82, 2.24) is 9.36 Å². The maximum atomic E-state index is 9.59. The lowest BCUT2D eigenvalue weighted by Gasteiger charge is -1.99. The van der Waals surface area contributed by atoms with Gasteiger partial charge in [-0.3, -0.25) is 0 Å². The molecule has 0 aliphatic heterocycles. The summed E-state index contributed by atoms with van der Waals surface area (Å²) in [5, 5.41) is 18.0. The molecule has 0 aliphatic rings. The predicted molar refractivity (Wildman–Crippen MR) is 72.1 cm³/mol. The highest BCUT2D eigenvalue weighted by Crippen LogP contribution is 2.31. The number of azo groups is 1. The third-order valence-corrected chi connectivity index (χ3v) is 2.72. The van der Waals surface area contributed by atoms with Crippen LogP contribution in [0.3, 0.4) is 0 Å². The Balaban J connectivity index is 2.21. The van der Waals surface area contributed by atoms with Crippen molar-refractivity contribution in [2.45, 2.75) is 6.92 Å². The molecular weight excluding hydrogens is 266 g/mol. The second-order valence-corrected chi connectivity index (χ2v) is 4.20. The van der Waals surface area contributed by atoms with Crippen molar-refractivity contribution in [1.29, 1.82) is 0 Å². The third-order valence-electron chi connectivity index (χ3n) is 2.02. The fraction of sp³-hybridized carbons (Fsp3) is 0.182. The molecule has 0 atom stereocenters. The highest BCUT2D eigenvalue weighted by molar-refractivity contribution is 7.09. The molecule has 0 bridgehead atoms. The first-order chi connectivity index (χ1) is 9.19. The van der Waals surface area contributed by atoms with Gasteiger partial charge in [0.1, 0.15) is 17.3 Å². The monoisotopic (exact) mass is 277 g/mol. The Morgan fingerprint density at radius 3 is 2.89 bits per heavy atom. The zero-order chi connectivity index (χ0) is 13.7. The molecular formula is C11H11N5O2S. The van der Waals surface area contributed by atoms with Gasteiger partial charge < -0.3 is 9.84 Å². The molecule has 98 valence electrons. The Bertz CT molecular complexity index is 623. The van der Waals surface area contributed by atoms with Gasteiger partial charge in [0.25, 0.3) is 0 Å². The summed E-state index contributed by atoms with van der Waals surface area (Å²) >= 11 is 1.17. The van der Waals surface area contributed by atoms with Crippen LogP contribution in [-0.2, 0) is 4.74 Å². The van der Waals surface area contributed by atoms with Gasteiger partial charge in [0.05, 0.1) is 12.8 Å². The number of aryl methyl sites for hydroxylation is 1. The van der Waals surface area contributed by atoms with Gasteiger partial charge in [-0.05, 0) is 25.1 Å². The van der Waals surface area contributed by atoms with E-state index in [4.69, 9.17) is 4.74 Å². The van der Waals surface area contributed by atoms with Crippen LogP contribution in [0.5, 0.6) is 5.75 Å². The average Bonchev–Trinajstić information content (AvgIpc) is 2.82. The number of nitrogens with zero attached hydrogens (tertiary/aromatic N) is 5. The maximum absolute atomic E-state index is 9.59. The van der Waals surface area contributed by atoms with Gasteiger partial charge >= 0.3 is 0 Å². The SMILES string of the molecule is COC=Nc1cc(N=Nc2nc(C)ns2)ccc1O. The van der Waals surface area contributed by atoms with Crippen molar-refractivity contribution in [3.63, 3.8) is 0 Å². The molecule has 0 saturated carbocycles. The Kier molecular flexibility index (Phi) is 4.14. The zero-order valence-electron chi connectivity index (χ0n) is 10.3. The first-order valence-electron chi connectivity index (χ1n) is 5.29. The molecule has 0 amide bonds. The Labute approximate surface area is 113 Å². The van der Waals surface area contributed by atoms with E-state index in [1.54, 1.807) is 19.1 Å². The summed E-state index contributed by atoms with van der Waals surface area (Å²) in [6.07, 6.45) is 1.23. The van der Waals surface area contributed by atoms with Crippen molar-refractivity contribution in [3.8, 4) is 5.75 Å². The number of benzene rings is 1. The fourth-order valence-electron chi connectivity index (χ4n) is 1.21. The van der Waals surface area contributed by atoms with E-state index in [1.807, 2.05) is 0 Å². The van der Waals surface area contributed by atoms with Gasteiger partial charge in [0.15, 0.2) is 6.40 Å². The van der Waals surface area contributed by atoms with E-state index in [0.29, 0.717) is 22.3 Å². The lowest BCUT2D eigenvalue weighted by molar-refractivity contribution is 0.422. The first kappa shape index (κ1) is 13.1. The number of hydrogen-bond acceptors (Lipinski definition) is 8. The molecule has 0 fully saturated rings. The summed E-state index contributed by atoms with van der Waals surface area (Å²) in [5.74, 6) is 0.703. The van der Waals surface area contributed by atoms with E-state index >= 15 is 0 Å². The summed E-state index contributed by atoms with van der Waals surface area (Å²) in [5.41, 5.74) is 0.903. The molecule has 1 aromatic heterocycles. The van der Waals surface area contributed by atoms with Crippen LogP contribution in [0.2, 0.25) is 0 Å². The number of hydrogen-bond donors (Lipinski definition) is 1. The summed E-state index contributed by atoms with van der Waals surface area (Å²) in [6, 6.07) is 4.70. The minimum atomic E-state index is 0.0407. The van der Waals surface area contributed by atoms with Crippen molar-refractivity contribution < 1.29 is 9.84 Å². The van der Waals surface area contributed by atoms with Gasteiger partial charge in [0, 0.05) is 11.5 Å². The van der Waals surface area contributed by atoms with E-state index < -0.39 is 0 Å². The van der Waals surface area contributed by atoms with Crippen molar-refractivity contribution >= 4 is 34.4 Å². The van der Waals surface area contributed by atoms with Gasteiger partial charge in [-0.2, -0.15) is 4.37 Å². The molecule has 1 aromatic carbocycles. The molecule has 2 aromatic rings. The lowest BCUT2D eigenvalue weighted by Crippen LogP contribution is -1.76. The largest absolute Gasteiger partial charge is 0.506 e. The van der Waals surface area contributed by atoms with E-state index in [0.717, 1.165) is 0 Å². The van der Waals surface area contributed by atoms with Crippen LogP contribution in [0, 0.1) is 6.92 Å². The molecule has 19 heavy (non-hydrogen) atoms. The third kappa shape index (κ3) is 3.55. The number of methoxy groups -OCH3 is 1. The van der Waals surface area contributed by atoms with Crippen molar-refractivity contribution in [3.05, 3.63) is 24.0 Å². The Morgan fingerprint density at radius 2 is 2.21 bits per heavy atom. The molecule has 1 heterocycles. The van der Waals surface area contributed by atoms with E-state index in [2.05, 4.69) is 24.6 Å². The van der Waals surface area contributed by atoms with Crippen molar-refractivity contribution in [2.75, 3.05) is 7.11 Å². The summed E-state index contributed by atoms with van der Waals surface area (Å²) in [7, 11) is 1.47. The number of aliphatic imine (C=N–C) groups is 1. The number of aromatic nitrogens is 2. The molecule has 7 nitrogen and oxygen atoms in total. The number of ether oxygens (including phenoxy) is 1. The second-order valence-electron chi connectivity index (χ2n) is 3.47. The summed E-state index contributed by atoms with van der Waals surface area (Å²) in [6.45, 7) is 1.79. The molecule has 0 unspecified atom stereocenters. The van der Waals surface area contributed by atoms with Crippen LogP contribution < -0.4 is 0 Å². The number of phenolic OH excluding ortho intramolecular Hbond substituents is 1. The topological polar surface area (TPSA) is 92.3 Å². The minimum Gasteiger partial charge on any atom is -0.506 e. The Morgan fingerprint density at radius 1 is 1.37 bits per heavy atom. The summed E-state index contributed by atoms with van der Waals surface area (Å²) in [4.78, 5) is 7.98.